The molecule has 114 valence electrons. The predicted octanol–water partition coefficient (Wildman–Crippen LogP) is 2.60. The summed E-state index contributed by atoms with van der Waals surface area (Å²) in [6.45, 7) is 0. The number of nitrogens with one attached hydrogen (secondary N) is 1. The molecule has 0 saturated heterocycles. The number of carbonyl (C=O) groups is 2. The molecule has 2 rings (SSSR count). The molecule has 22 heavy (non-hydrogen) atoms. The van der Waals surface area contributed by atoms with Crippen LogP contribution in [0.5, 0.6) is 0 Å². The minimum Gasteiger partial charge on any atom is -0.550 e. The molecule has 0 aliphatic heterocycles. The predicted molar refractivity (Wildman–Crippen MR) is 82.7 cm³/mol. The van der Waals surface area contributed by atoms with Crippen LogP contribution in [0.15, 0.2) is 48.5 Å². The number of rotatable bonds is 5. The third-order valence-electron chi connectivity index (χ3n) is 3.05. The fraction of sp³-hybridized carbons (Fsp3) is 0.125. The van der Waals surface area contributed by atoms with Gasteiger partial charge in [0, 0.05) is 28.0 Å². The minimum atomic E-state index is -1.25. The maximum Gasteiger partial charge on any atom is 0.251 e. The van der Waals surface area contributed by atoms with Gasteiger partial charge in [0.25, 0.3) is 5.91 Å². The molecular formula is C16H12Cl2NO3-. The molecule has 2 aromatic carbocycles. The molecule has 1 N–H and O–H groups in total. The highest BCUT2D eigenvalue weighted by molar-refractivity contribution is 6.30. The van der Waals surface area contributed by atoms with E-state index in [1.165, 1.54) is 0 Å². The minimum absolute atomic E-state index is 0.332. The summed E-state index contributed by atoms with van der Waals surface area (Å²) in [5.41, 5.74) is 1.03. The summed E-state index contributed by atoms with van der Waals surface area (Å²) < 4.78 is 0. The Balaban J connectivity index is 2.19. The van der Waals surface area contributed by atoms with Gasteiger partial charge < -0.3 is 15.2 Å². The fourth-order valence-electron chi connectivity index (χ4n) is 1.96. The van der Waals surface area contributed by atoms with Gasteiger partial charge in [0.1, 0.15) is 0 Å². The first-order chi connectivity index (χ1) is 10.5. The van der Waals surface area contributed by atoms with Gasteiger partial charge in [-0.05, 0) is 42.0 Å². The Kier molecular flexibility index (Phi) is 5.41. The molecule has 0 unspecified atom stereocenters. The molecule has 2 aromatic rings. The summed E-state index contributed by atoms with van der Waals surface area (Å²) in [6, 6.07) is 12.2. The van der Waals surface area contributed by atoms with Crippen LogP contribution in [0.25, 0.3) is 0 Å². The first-order valence-corrected chi connectivity index (χ1v) is 7.23. The lowest BCUT2D eigenvalue weighted by molar-refractivity contribution is -0.306. The number of halogens is 2. The van der Waals surface area contributed by atoms with Gasteiger partial charge in [-0.25, -0.2) is 0 Å². The normalized spacial score (nSPS) is 11.7. The SMILES string of the molecule is O=C([O-])C[C@H](NC(=O)c1ccc(Cl)cc1)c1ccc(Cl)cc1. The maximum absolute atomic E-state index is 12.2. The number of amides is 1. The van der Waals surface area contributed by atoms with Crippen molar-refractivity contribution in [3.05, 3.63) is 69.7 Å². The third-order valence-corrected chi connectivity index (χ3v) is 3.56. The zero-order valence-corrected chi connectivity index (χ0v) is 12.9. The number of hydrogen-bond acceptors (Lipinski definition) is 3. The second-order valence-electron chi connectivity index (χ2n) is 4.66. The number of carboxylic acids is 1. The molecule has 0 aromatic heterocycles. The number of carboxylic acid groups (broad SMARTS) is 1. The maximum atomic E-state index is 12.2. The van der Waals surface area contributed by atoms with E-state index in [9.17, 15) is 14.7 Å². The van der Waals surface area contributed by atoms with Gasteiger partial charge in [-0.2, -0.15) is 0 Å². The van der Waals surface area contributed by atoms with Crippen molar-refractivity contribution in [3.8, 4) is 0 Å². The lowest BCUT2D eigenvalue weighted by atomic mass is 10.0. The number of hydrogen-bond donors (Lipinski definition) is 1. The Morgan fingerprint density at radius 2 is 1.45 bits per heavy atom. The molecule has 1 atom stereocenters. The average Bonchev–Trinajstić information content (AvgIpc) is 2.47. The monoisotopic (exact) mass is 336 g/mol. The summed E-state index contributed by atoms with van der Waals surface area (Å²) in [7, 11) is 0. The van der Waals surface area contributed by atoms with Crippen molar-refractivity contribution < 1.29 is 14.7 Å². The van der Waals surface area contributed by atoms with E-state index in [0.29, 0.717) is 21.2 Å². The molecule has 6 heteroatoms. The van der Waals surface area contributed by atoms with Crippen LogP contribution >= 0.6 is 23.2 Å². The molecule has 0 spiro atoms. The van der Waals surface area contributed by atoms with Gasteiger partial charge in [0.15, 0.2) is 0 Å². The quantitative estimate of drug-likeness (QED) is 0.912. The van der Waals surface area contributed by atoms with E-state index in [1.54, 1.807) is 48.5 Å². The Morgan fingerprint density at radius 1 is 0.955 bits per heavy atom. The number of carbonyl (C=O) groups excluding carboxylic acids is 2. The molecule has 0 aliphatic carbocycles. The van der Waals surface area contributed by atoms with Gasteiger partial charge >= 0.3 is 0 Å². The van der Waals surface area contributed by atoms with Crippen LogP contribution in [0.2, 0.25) is 10.0 Å². The molecular weight excluding hydrogens is 325 g/mol. The van der Waals surface area contributed by atoms with Crippen LogP contribution < -0.4 is 10.4 Å². The van der Waals surface area contributed by atoms with E-state index in [0.717, 1.165) is 0 Å². The van der Waals surface area contributed by atoms with E-state index in [4.69, 9.17) is 23.2 Å². The van der Waals surface area contributed by atoms with Gasteiger partial charge in [-0.1, -0.05) is 35.3 Å². The lowest BCUT2D eigenvalue weighted by Crippen LogP contribution is -2.34. The molecule has 0 fully saturated rings. The van der Waals surface area contributed by atoms with Crippen molar-refractivity contribution in [3.63, 3.8) is 0 Å². The van der Waals surface area contributed by atoms with Crippen LogP contribution in [-0.4, -0.2) is 11.9 Å². The Hall–Kier alpha value is -2.04. The summed E-state index contributed by atoms with van der Waals surface area (Å²) in [5, 5.41) is 14.6. The highest BCUT2D eigenvalue weighted by Crippen LogP contribution is 2.20. The average molecular weight is 337 g/mol. The van der Waals surface area contributed by atoms with Gasteiger partial charge in [-0.15, -0.1) is 0 Å². The van der Waals surface area contributed by atoms with Crippen molar-refractivity contribution in [2.24, 2.45) is 0 Å². The second-order valence-corrected chi connectivity index (χ2v) is 5.53. The molecule has 1 amide bonds. The molecule has 0 bridgehead atoms. The van der Waals surface area contributed by atoms with Gasteiger partial charge in [0.2, 0.25) is 0 Å². The summed E-state index contributed by atoms with van der Waals surface area (Å²) in [6.07, 6.45) is -0.332. The van der Waals surface area contributed by atoms with E-state index < -0.39 is 17.9 Å². The van der Waals surface area contributed by atoms with Crippen LogP contribution in [0, 0.1) is 0 Å². The van der Waals surface area contributed by atoms with Crippen LogP contribution in [0.3, 0.4) is 0 Å². The van der Waals surface area contributed by atoms with Crippen molar-refractivity contribution in [1.29, 1.82) is 0 Å². The summed E-state index contributed by atoms with van der Waals surface area (Å²) in [4.78, 5) is 23.1. The van der Waals surface area contributed by atoms with Crippen LogP contribution in [0.1, 0.15) is 28.4 Å². The Morgan fingerprint density at radius 3 is 1.95 bits per heavy atom. The zero-order valence-electron chi connectivity index (χ0n) is 11.4. The zero-order chi connectivity index (χ0) is 16.1. The highest BCUT2D eigenvalue weighted by atomic mass is 35.5. The number of benzene rings is 2. The molecule has 0 aliphatic rings. The van der Waals surface area contributed by atoms with Crippen LogP contribution in [-0.2, 0) is 4.79 Å². The van der Waals surface area contributed by atoms with Crippen molar-refractivity contribution >= 4 is 35.1 Å². The van der Waals surface area contributed by atoms with E-state index in [-0.39, 0.29) is 6.42 Å². The van der Waals surface area contributed by atoms with Crippen molar-refractivity contribution in [2.75, 3.05) is 0 Å². The van der Waals surface area contributed by atoms with Crippen LogP contribution in [0.4, 0.5) is 0 Å². The largest absolute Gasteiger partial charge is 0.550 e. The Bertz CT molecular complexity index is 669. The van der Waals surface area contributed by atoms with Crippen molar-refractivity contribution in [1.82, 2.24) is 5.32 Å². The third kappa shape index (κ3) is 4.48. The molecule has 0 saturated carbocycles. The molecule has 0 heterocycles. The van der Waals surface area contributed by atoms with E-state index >= 15 is 0 Å². The number of aliphatic carboxylic acids is 1. The smallest absolute Gasteiger partial charge is 0.251 e. The summed E-state index contributed by atoms with van der Waals surface area (Å²) in [5.74, 6) is -1.64. The standard InChI is InChI=1S/C16H13Cl2NO3/c17-12-5-1-10(2-6-12)14(9-15(20)21)19-16(22)11-3-7-13(18)8-4-11/h1-8,14H,9H2,(H,19,22)(H,20,21)/p-1/t14-/m0/s1. The first kappa shape index (κ1) is 16.3. The van der Waals surface area contributed by atoms with Crippen molar-refractivity contribution in [2.45, 2.75) is 12.5 Å². The molecule has 0 radical (unpaired) electrons. The lowest BCUT2D eigenvalue weighted by Gasteiger charge is -2.20. The second kappa shape index (κ2) is 7.29. The van der Waals surface area contributed by atoms with Gasteiger partial charge in [-0.3, -0.25) is 4.79 Å². The Labute approximate surface area is 137 Å². The highest BCUT2D eigenvalue weighted by Gasteiger charge is 2.16. The first-order valence-electron chi connectivity index (χ1n) is 6.47. The molecule has 4 nitrogen and oxygen atoms in total. The van der Waals surface area contributed by atoms with Gasteiger partial charge in [0.05, 0.1) is 6.04 Å². The van der Waals surface area contributed by atoms with E-state index in [1.807, 2.05) is 0 Å². The summed E-state index contributed by atoms with van der Waals surface area (Å²) >= 11 is 11.6. The van der Waals surface area contributed by atoms with E-state index in [2.05, 4.69) is 5.32 Å². The topological polar surface area (TPSA) is 69.2 Å². The fourth-order valence-corrected chi connectivity index (χ4v) is 2.21.